The summed E-state index contributed by atoms with van der Waals surface area (Å²) in [4.78, 5) is 6.60. The van der Waals surface area contributed by atoms with Gasteiger partial charge < -0.3 is 0 Å². The molecule has 1 aliphatic heterocycles. The van der Waals surface area contributed by atoms with E-state index in [-0.39, 0.29) is 5.66 Å². The van der Waals surface area contributed by atoms with Crippen molar-refractivity contribution in [2.75, 3.05) is 13.6 Å². The Morgan fingerprint density at radius 3 is 2.56 bits per heavy atom. The first-order chi connectivity index (χ1) is 4.13. The summed E-state index contributed by atoms with van der Waals surface area (Å²) in [5.74, 6) is 0. The Hall–Kier alpha value is -0.370. The minimum Gasteiger partial charge on any atom is -0.283 e. The Kier molecular flexibility index (Phi) is 1.58. The van der Waals surface area contributed by atoms with E-state index >= 15 is 0 Å². The zero-order valence-electron chi connectivity index (χ0n) is 6.39. The molecule has 1 heterocycles. The van der Waals surface area contributed by atoms with Crippen molar-refractivity contribution >= 4 is 6.21 Å². The molecule has 1 rings (SSSR count). The second-order valence-corrected chi connectivity index (χ2v) is 3.02. The van der Waals surface area contributed by atoms with E-state index in [2.05, 4.69) is 30.8 Å². The fourth-order valence-corrected chi connectivity index (χ4v) is 0.911. The van der Waals surface area contributed by atoms with Crippen LogP contribution in [0.2, 0.25) is 0 Å². The van der Waals surface area contributed by atoms with E-state index in [0.717, 1.165) is 13.0 Å². The molecule has 0 aromatic rings. The summed E-state index contributed by atoms with van der Waals surface area (Å²) in [6, 6.07) is 0. The monoisotopic (exact) mass is 126 g/mol. The molecular formula is C7H14N2. The first-order valence-electron chi connectivity index (χ1n) is 3.38. The normalized spacial score (nSPS) is 26.6. The average Bonchev–Trinajstić information content (AvgIpc) is 1.77. The van der Waals surface area contributed by atoms with Gasteiger partial charge in [0.2, 0.25) is 0 Å². The second-order valence-electron chi connectivity index (χ2n) is 3.02. The highest BCUT2D eigenvalue weighted by molar-refractivity contribution is 5.59. The Morgan fingerprint density at radius 1 is 1.56 bits per heavy atom. The molecule has 2 nitrogen and oxygen atoms in total. The molecule has 0 unspecified atom stereocenters. The second kappa shape index (κ2) is 2.10. The summed E-state index contributed by atoms with van der Waals surface area (Å²) in [5.41, 5.74) is 0.0399. The van der Waals surface area contributed by atoms with Crippen LogP contribution < -0.4 is 0 Å². The first-order valence-corrected chi connectivity index (χ1v) is 3.38. The predicted molar refractivity (Wildman–Crippen MR) is 39.8 cm³/mol. The Balaban J connectivity index is 2.68. The summed E-state index contributed by atoms with van der Waals surface area (Å²) < 4.78 is 0. The molecule has 0 aromatic heterocycles. The zero-order valence-corrected chi connectivity index (χ0v) is 6.39. The summed E-state index contributed by atoms with van der Waals surface area (Å²) in [5, 5.41) is 0. The zero-order chi connectivity index (χ0) is 6.91. The lowest BCUT2D eigenvalue weighted by molar-refractivity contribution is 0.161. The van der Waals surface area contributed by atoms with Crippen LogP contribution in [0.3, 0.4) is 0 Å². The van der Waals surface area contributed by atoms with Crippen molar-refractivity contribution in [1.29, 1.82) is 0 Å². The van der Waals surface area contributed by atoms with E-state index < -0.39 is 0 Å². The Morgan fingerprint density at radius 2 is 2.22 bits per heavy atom. The lowest BCUT2D eigenvalue weighted by atomic mass is 10.2. The van der Waals surface area contributed by atoms with Gasteiger partial charge in [-0.2, -0.15) is 0 Å². The van der Waals surface area contributed by atoms with Crippen LogP contribution in [0.25, 0.3) is 0 Å². The van der Waals surface area contributed by atoms with Gasteiger partial charge in [-0.1, -0.05) is 0 Å². The fraction of sp³-hybridized carbons (Fsp3) is 0.857. The summed E-state index contributed by atoms with van der Waals surface area (Å²) >= 11 is 0. The minimum absolute atomic E-state index is 0.0399. The standard InChI is InChI=1S/C7H14N2/c1-7(2)8-5-4-6-9(7)3/h5H,4,6H2,1-3H3. The van der Waals surface area contributed by atoms with Crippen LogP contribution in [0.4, 0.5) is 0 Å². The maximum Gasteiger partial charge on any atom is 0.106 e. The molecule has 1 aliphatic rings. The number of hydrogen-bond donors (Lipinski definition) is 0. The Bertz CT molecular complexity index is 127. The molecule has 0 aromatic carbocycles. The van der Waals surface area contributed by atoms with Crippen LogP contribution in [-0.2, 0) is 0 Å². The highest BCUT2D eigenvalue weighted by Gasteiger charge is 2.22. The summed E-state index contributed by atoms with van der Waals surface area (Å²) in [7, 11) is 2.11. The van der Waals surface area contributed by atoms with Crippen molar-refractivity contribution in [3.8, 4) is 0 Å². The van der Waals surface area contributed by atoms with Gasteiger partial charge >= 0.3 is 0 Å². The van der Waals surface area contributed by atoms with E-state index in [0.29, 0.717) is 0 Å². The highest BCUT2D eigenvalue weighted by Crippen LogP contribution is 2.16. The third-order valence-electron chi connectivity index (χ3n) is 1.93. The fourth-order valence-electron chi connectivity index (χ4n) is 0.911. The molecule has 0 spiro atoms. The van der Waals surface area contributed by atoms with Crippen molar-refractivity contribution in [2.24, 2.45) is 4.99 Å². The van der Waals surface area contributed by atoms with Crippen LogP contribution in [0.5, 0.6) is 0 Å². The van der Waals surface area contributed by atoms with Gasteiger partial charge in [-0.15, -0.1) is 0 Å². The van der Waals surface area contributed by atoms with Crippen LogP contribution >= 0.6 is 0 Å². The van der Waals surface area contributed by atoms with Gasteiger partial charge in [0, 0.05) is 12.8 Å². The van der Waals surface area contributed by atoms with Crippen LogP contribution in [0.1, 0.15) is 20.3 Å². The van der Waals surface area contributed by atoms with Gasteiger partial charge in [-0.05, 0) is 27.3 Å². The van der Waals surface area contributed by atoms with E-state index in [1.807, 2.05) is 6.21 Å². The number of hydrogen-bond acceptors (Lipinski definition) is 2. The SMILES string of the molecule is CN1CCC=NC1(C)C. The minimum atomic E-state index is 0.0399. The van der Waals surface area contributed by atoms with E-state index in [4.69, 9.17) is 0 Å². The van der Waals surface area contributed by atoms with Crippen LogP contribution in [0.15, 0.2) is 4.99 Å². The Labute approximate surface area is 56.6 Å². The molecule has 0 bridgehead atoms. The number of nitrogens with zero attached hydrogens (tertiary/aromatic N) is 2. The molecule has 0 saturated heterocycles. The van der Waals surface area contributed by atoms with Crippen molar-refractivity contribution < 1.29 is 0 Å². The van der Waals surface area contributed by atoms with Gasteiger partial charge in [-0.25, -0.2) is 0 Å². The van der Waals surface area contributed by atoms with Gasteiger partial charge in [0.25, 0.3) is 0 Å². The predicted octanol–water partition coefficient (Wildman–Crippen LogP) is 1.13. The lowest BCUT2D eigenvalue weighted by Crippen LogP contribution is -2.42. The van der Waals surface area contributed by atoms with Gasteiger partial charge in [0.1, 0.15) is 5.66 Å². The molecule has 0 atom stereocenters. The van der Waals surface area contributed by atoms with E-state index in [1.54, 1.807) is 0 Å². The average molecular weight is 126 g/mol. The van der Waals surface area contributed by atoms with Gasteiger partial charge in [0.15, 0.2) is 0 Å². The first kappa shape index (κ1) is 6.75. The smallest absolute Gasteiger partial charge is 0.106 e. The quantitative estimate of drug-likeness (QED) is 0.475. The van der Waals surface area contributed by atoms with Gasteiger partial charge in [0.05, 0.1) is 0 Å². The summed E-state index contributed by atoms with van der Waals surface area (Å²) in [6.45, 7) is 5.39. The topological polar surface area (TPSA) is 15.6 Å². The van der Waals surface area contributed by atoms with Crippen LogP contribution in [0, 0.1) is 0 Å². The summed E-state index contributed by atoms with van der Waals surface area (Å²) in [6.07, 6.45) is 3.11. The highest BCUT2D eigenvalue weighted by atomic mass is 15.3. The number of aliphatic imine (C=N–C) groups is 1. The van der Waals surface area contributed by atoms with Crippen molar-refractivity contribution in [1.82, 2.24) is 4.90 Å². The van der Waals surface area contributed by atoms with Crippen molar-refractivity contribution in [3.05, 3.63) is 0 Å². The molecule has 0 saturated carbocycles. The lowest BCUT2D eigenvalue weighted by Gasteiger charge is -2.34. The number of rotatable bonds is 0. The molecular weight excluding hydrogens is 112 g/mol. The molecule has 0 amide bonds. The molecule has 0 fully saturated rings. The molecule has 2 heteroatoms. The molecule has 0 radical (unpaired) electrons. The maximum absolute atomic E-state index is 4.34. The molecule has 0 aliphatic carbocycles. The van der Waals surface area contributed by atoms with E-state index in [9.17, 15) is 0 Å². The van der Waals surface area contributed by atoms with E-state index in [1.165, 1.54) is 0 Å². The van der Waals surface area contributed by atoms with Crippen molar-refractivity contribution in [2.45, 2.75) is 25.9 Å². The maximum atomic E-state index is 4.34. The third kappa shape index (κ3) is 1.30. The van der Waals surface area contributed by atoms with Gasteiger partial charge in [-0.3, -0.25) is 9.89 Å². The molecule has 9 heavy (non-hydrogen) atoms. The molecule has 0 N–H and O–H groups in total. The van der Waals surface area contributed by atoms with Crippen molar-refractivity contribution in [3.63, 3.8) is 0 Å². The molecule has 52 valence electrons. The van der Waals surface area contributed by atoms with Crippen LogP contribution in [-0.4, -0.2) is 30.4 Å². The largest absolute Gasteiger partial charge is 0.283 e. The third-order valence-corrected chi connectivity index (χ3v) is 1.93.